The van der Waals surface area contributed by atoms with Gasteiger partial charge in [0, 0.05) is 24.2 Å². The third kappa shape index (κ3) is 5.55. The highest BCUT2D eigenvalue weighted by Crippen LogP contribution is 2.30. The van der Waals surface area contributed by atoms with Crippen LogP contribution in [-0.4, -0.2) is 53.2 Å². The van der Waals surface area contributed by atoms with Crippen LogP contribution in [-0.2, 0) is 13.1 Å². The van der Waals surface area contributed by atoms with Gasteiger partial charge < -0.3 is 24.9 Å². The van der Waals surface area contributed by atoms with Crippen LogP contribution in [0.4, 0.5) is 0 Å². The number of aromatic amines is 1. The lowest BCUT2D eigenvalue weighted by Gasteiger charge is -2.18. The van der Waals surface area contributed by atoms with Crippen LogP contribution in [0.25, 0.3) is 11.4 Å². The molecule has 0 aliphatic rings. The second-order valence-electron chi connectivity index (χ2n) is 7.61. The molecule has 0 spiro atoms. The number of hydrogen-bond acceptors (Lipinski definition) is 7. The molecule has 9 heteroatoms. The molecule has 0 fully saturated rings. The van der Waals surface area contributed by atoms with Crippen LogP contribution >= 0.6 is 0 Å². The fourth-order valence-corrected chi connectivity index (χ4v) is 3.64. The van der Waals surface area contributed by atoms with Crippen LogP contribution in [0.1, 0.15) is 35.5 Å². The molecule has 0 saturated carbocycles. The average Bonchev–Trinajstić information content (AvgIpc) is 2.87. The lowest BCUT2D eigenvalue weighted by Crippen LogP contribution is -2.27. The van der Waals surface area contributed by atoms with Crippen molar-refractivity contribution >= 4 is 5.91 Å². The maximum absolute atomic E-state index is 12.9. The van der Waals surface area contributed by atoms with Crippen LogP contribution < -0.4 is 20.3 Å². The summed E-state index contributed by atoms with van der Waals surface area (Å²) in [7, 11) is 3.03. The second-order valence-corrected chi connectivity index (χ2v) is 7.61. The number of ether oxygens (including phenoxy) is 2. The summed E-state index contributed by atoms with van der Waals surface area (Å²) in [5, 5.41) is 12.9. The zero-order chi connectivity index (χ0) is 24.7. The number of methoxy groups -OCH3 is 2. The Morgan fingerprint density at radius 1 is 1.12 bits per heavy atom. The van der Waals surface area contributed by atoms with Crippen molar-refractivity contribution in [1.82, 2.24) is 20.2 Å². The van der Waals surface area contributed by atoms with Crippen LogP contribution in [0.15, 0.2) is 47.3 Å². The van der Waals surface area contributed by atoms with Crippen molar-refractivity contribution in [2.45, 2.75) is 26.9 Å². The van der Waals surface area contributed by atoms with Gasteiger partial charge in [-0.3, -0.25) is 14.5 Å². The molecular weight excluding hydrogens is 436 g/mol. The van der Waals surface area contributed by atoms with E-state index in [1.807, 2.05) is 18.2 Å². The number of nitrogens with zero attached hydrogens (tertiary/aromatic N) is 2. The Labute approximate surface area is 198 Å². The van der Waals surface area contributed by atoms with Crippen LogP contribution in [0.3, 0.4) is 0 Å². The summed E-state index contributed by atoms with van der Waals surface area (Å²) >= 11 is 0. The molecule has 0 atom stereocenters. The summed E-state index contributed by atoms with van der Waals surface area (Å²) in [6.07, 6.45) is 0. The SMILES string of the molecule is CCN(CC)Cc1cccc(-c2nc(C(=O)NCc3cccc(OC)c3OC)c(O)c(=O)[nH]2)c1. The standard InChI is InChI=1S/C25H30N4O5/c1-5-29(6-2)15-16-9-7-10-17(13-16)23-27-20(21(30)25(32)28-23)24(31)26-14-18-11-8-12-19(33-3)22(18)34-4/h7-13,30H,5-6,14-15H2,1-4H3,(H,26,31)(H,27,28,32). The number of rotatable bonds is 10. The normalized spacial score (nSPS) is 10.9. The number of H-pyrrole nitrogens is 1. The molecule has 3 aromatic rings. The number of nitrogens with one attached hydrogen (secondary N) is 2. The fraction of sp³-hybridized carbons (Fsp3) is 0.320. The summed E-state index contributed by atoms with van der Waals surface area (Å²) in [5.74, 6) is -0.210. The topological polar surface area (TPSA) is 117 Å². The van der Waals surface area contributed by atoms with Gasteiger partial charge in [-0.1, -0.05) is 44.2 Å². The number of aromatic hydroxyl groups is 1. The number of carbonyl (C=O) groups is 1. The molecule has 34 heavy (non-hydrogen) atoms. The Bertz CT molecular complexity index is 1200. The molecule has 0 saturated heterocycles. The molecule has 3 rings (SSSR count). The predicted octanol–water partition coefficient (Wildman–Crippen LogP) is 2.93. The maximum Gasteiger partial charge on any atom is 0.294 e. The first-order chi connectivity index (χ1) is 16.4. The largest absolute Gasteiger partial charge is 0.501 e. The fourth-order valence-electron chi connectivity index (χ4n) is 3.64. The maximum atomic E-state index is 12.9. The smallest absolute Gasteiger partial charge is 0.294 e. The second kappa shape index (κ2) is 11.3. The molecule has 1 aromatic heterocycles. The van der Waals surface area contributed by atoms with E-state index >= 15 is 0 Å². The zero-order valence-corrected chi connectivity index (χ0v) is 19.8. The number of para-hydroxylation sites is 1. The van der Waals surface area contributed by atoms with Crippen molar-refractivity contribution in [1.29, 1.82) is 0 Å². The van der Waals surface area contributed by atoms with Crippen LogP contribution in [0, 0.1) is 0 Å². The molecule has 0 unspecified atom stereocenters. The molecular formula is C25H30N4O5. The quantitative estimate of drug-likeness (QED) is 0.421. The third-order valence-electron chi connectivity index (χ3n) is 5.53. The van der Waals surface area contributed by atoms with Gasteiger partial charge in [0.2, 0.25) is 5.75 Å². The van der Waals surface area contributed by atoms with Crippen molar-refractivity contribution in [3.8, 4) is 28.6 Å². The van der Waals surface area contributed by atoms with Crippen molar-refractivity contribution < 1.29 is 19.4 Å². The van der Waals surface area contributed by atoms with Gasteiger partial charge in [-0.25, -0.2) is 4.98 Å². The first kappa shape index (κ1) is 24.8. The van der Waals surface area contributed by atoms with Gasteiger partial charge in [0.15, 0.2) is 17.2 Å². The molecule has 0 aliphatic carbocycles. The van der Waals surface area contributed by atoms with Crippen LogP contribution in [0.2, 0.25) is 0 Å². The van der Waals surface area contributed by atoms with Crippen molar-refractivity contribution in [3.05, 3.63) is 69.6 Å². The van der Waals surface area contributed by atoms with Crippen molar-refractivity contribution in [2.75, 3.05) is 27.3 Å². The minimum atomic E-state index is -0.789. The van der Waals surface area contributed by atoms with Gasteiger partial charge in [0.1, 0.15) is 5.82 Å². The van der Waals surface area contributed by atoms with Crippen molar-refractivity contribution in [3.63, 3.8) is 0 Å². The first-order valence-corrected chi connectivity index (χ1v) is 11.0. The number of amides is 1. The monoisotopic (exact) mass is 466 g/mol. The minimum absolute atomic E-state index is 0.0851. The molecule has 2 aromatic carbocycles. The highest BCUT2D eigenvalue weighted by atomic mass is 16.5. The van der Waals surface area contributed by atoms with E-state index in [1.165, 1.54) is 14.2 Å². The Balaban J connectivity index is 1.87. The van der Waals surface area contributed by atoms with Gasteiger partial charge >= 0.3 is 0 Å². The summed E-state index contributed by atoms with van der Waals surface area (Å²) in [5.41, 5.74) is 1.22. The number of carbonyl (C=O) groups excluding carboxylic acids is 1. The predicted molar refractivity (Wildman–Crippen MR) is 129 cm³/mol. The third-order valence-corrected chi connectivity index (χ3v) is 5.53. The molecule has 1 heterocycles. The highest BCUT2D eigenvalue weighted by Gasteiger charge is 2.20. The Hall–Kier alpha value is -3.85. The number of hydrogen-bond donors (Lipinski definition) is 3. The van der Waals surface area contributed by atoms with E-state index in [0.717, 1.165) is 25.2 Å². The summed E-state index contributed by atoms with van der Waals surface area (Å²) in [4.78, 5) is 34.3. The number of benzene rings is 2. The molecule has 3 N–H and O–H groups in total. The van der Waals surface area contributed by atoms with Gasteiger partial charge in [0.25, 0.3) is 11.5 Å². The molecule has 1 amide bonds. The van der Waals surface area contributed by atoms with Crippen LogP contribution in [0.5, 0.6) is 17.2 Å². The minimum Gasteiger partial charge on any atom is -0.501 e. The zero-order valence-electron chi connectivity index (χ0n) is 19.8. The Morgan fingerprint density at radius 3 is 2.53 bits per heavy atom. The lowest BCUT2D eigenvalue weighted by molar-refractivity contribution is 0.0942. The molecule has 180 valence electrons. The lowest BCUT2D eigenvalue weighted by atomic mass is 10.1. The average molecular weight is 467 g/mol. The Morgan fingerprint density at radius 2 is 1.85 bits per heavy atom. The van der Waals surface area contributed by atoms with Gasteiger partial charge in [0.05, 0.1) is 14.2 Å². The molecule has 0 bridgehead atoms. The molecule has 0 aliphatic heterocycles. The van der Waals surface area contributed by atoms with E-state index in [0.29, 0.717) is 22.6 Å². The van der Waals surface area contributed by atoms with E-state index in [-0.39, 0.29) is 18.1 Å². The van der Waals surface area contributed by atoms with Crippen molar-refractivity contribution in [2.24, 2.45) is 0 Å². The summed E-state index contributed by atoms with van der Waals surface area (Å²) in [6.45, 7) is 6.85. The van der Waals surface area contributed by atoms with Gasteiger partial charge in [-0.2, -0.15) is 0 Å². The van der Waals surface area contributed by atoms with Gasteiger partial charge in [-0.05, 0) is 30.8 Å². The van der Waals surface area contributed by atoms with E-state index < -0.39 is 17.2 Å². The molecule has 9 nitrogen and oxygen atoms in total. The van der Waals surface area contributed by atoms with E-state index in [9.17, 15) is 14.7 Å². The number of aromatic nitrogens is 2. The summed E-state index contributed by atoms with van der Waals surface area (Å²) < 4.78 is 10.7. The van der Waals surface area contributed by atoms with Gasteiger partial charge in [-0.15, -0.1) is 0 Å². The summed E-state index contributed by atoms with van der Waals surface area (Å²) in [6, 6.07) is 12.9. The Kier molecular flexibility index (Phi) is 8.26. The van der Waals surface area contributed by atoms with E-state index in [1.54, 1.807) is 24.3 Å². The van der Waals surface area contributed by atoms with E-state index in [4.69, 9.17) is 9.47 Å². The highest BCUT2D eigenvalue weighted by molar-refractivity contribution is 5.95. The first-order valence-electron chi connectivity index (χ1n) is 11.0. The molecule has 0 radical (unpaired) electrons. The van der Waals surface area contributed by atoms with E-state index in [2.05, 4.69) is 34.0 Å².